The molecule has 0 atom stereocenters. The Bertz CT molecular complexity index is 1040. The third-order valence-electron chi connectivity index (χ3n) is 5.11. The Balaban J connectivity index is 1.73. The van der Waals surface area contributed by atoms with Gasteiger partial charge in [0, 0.05) is 18.8 Å². The van der Waals surface area contributed by atoms with Gasteiger partial charge in [-0.2, -0.15) is 9.40 Å². The second kappa shape index (κ2) is 8.97. The number of hydrogen-bond donors (Lipinski definition) is 1. The van der Waals surface area contributed by atoms with Crippen LogP contribution in [0.4, 0.5) is 5.69 Å². The molecule has 0 bridgehead atoms. The van der Waals surface area contributed by atoms with Gasteiger partial charge < -0.3 is 10.1 Å². The van der Waals surface area contributed by atoms with E-state index >= 15 is 0 Å². The van der Waals surface area contributed by atoms with Gasteiger partial charge in [0.05, 0.1) is 24.1 Å². The summed E-state index contributed by atoms with van der Waals surface area (Å²) in [5, 5.41) is 7.01. The summed E-state index contributed by atoms with van der Waals surface area (Å²) in [5.74, 6) is -0.814. The zero-order valence-corrected chi connectivity index (χ0v) is 18.2. The molecule has 10 heteroatoms. The third-order valence-corrected chi connectivity index (χ3v) is 7.26. The molecule has 0 radical (unpaired) electrons. The van der Waals surface area contributed by atoms with E-state index in [4.69, 9.17) is 0 Å². The summed E-state index contributed by atoms with van der Waals surface area (Å²) in [6.07, 6.45) is 2.73. The lowest BCUT2D eigenvalue weighted by molar-refractivity contribution is -0.116. The Hall–Kier alpha value is -2.72. The zero-order chi connectivity index (χ0) is 21.9. The first-order chi connectivity index (χ1) is 14.2. The van der Waals surface area contributed by atoms with Crippen LogP contribution < -0.4 is 5.32 Å². The molecule has 0 unspecified atom stereocenters. The fourth-order valence-electron chi connectivity index (χ4n) is 3.59. The lowest BCUT2D eigenvalue weighted by atomic mass is 10.2. The highest BCUT2D eigenvalue weighted by atomic mass is 32.2. The van der Waals surface area contributed by atoms with E-state index < -0.39 is 16.0 Å². The topological polar surface area (TPSA) is 111 Å². The first-order valence-corrected chi connectivity index (χ1v) is 11.2. The van der Waals surface area contributed by atoms with Crippen LogP contribution in [-0.2, 0) is 26.1 Å². The first-order valence-electron chi connectivity index (χ1n) is 9.76. The van der Waals surface area contributed by atoms with Crippen LogP contribution in [0.3, 0.4) is 0 Å². The van der Waals surface area contributed by atoms with Crippen LogP contribution in [0.1, 0.15) is 41.0 Å². The van der Waals surface area contributed by atoms with Crippen molar-refractivity contribution >= 4 is 27.6 Å². The summed E-state index contributed by atoms with van der Waals surface area (Å²) in [5.41, 5.74) is 1.71. The zero-order valence-electron chi connectivity index (χ0n) is 17.3. The maximum Gasteiger partial charge on any atom is 0.337 e. The van der Waals surface area contributed by atoms with Gasteiger partial charge in [0.25, 0.3) is 0 Å². The molecule has 0 aliphatic carbocycles. The fraction of sp³-hybridized carbons (Fsp3) is 0.450. The summed E-state index contributed by atoms with van der Waals surface area (Å²) in [7, 11) is -2.34. The Morgan fingerprint density at radius 1 is 1.10 bits per heavy atom. The Kier molecular flexibility index (Phi) is 6.57. The maximum atomic E-state index is 13.1. The fourth-order valence-corrected chi connectivity index (χ4v) is 5.48. The number of amides is 1. The number of piperidine rings is 1. The number of methoxy groups -OCH3 is 1. The van der Waals surface area contributed by atoms with Crippen LogP contribution in [0.15, 0.2) is 29.2 Å². The predicted octanol–water partition coefficient (Wildman–Crippen LogP) is 2.10. The average molecular weight is 435 g/mol. The summed E-state index contributed by atoms with van der Waals surface area (Å²) in [6.45, 7) is 4.20. The van der Waals surface area contributed by atoms with Crippen molar-refractivity contribution in [3.8, 4) is 0 Å². The first kappa shape index (κ1) is 22.0. The molecule has 30 heavy (non-hydrogen) atoms. The minimum absolute atomic E-state index is 0.124. The number of benzene rings is 1. The highest BCUT2D eigenvalue weighted by Gasteiger charge is 2.32. The molecule has 1 saturated heterocycles. The molecule has 0 spiro atoms. The van der Waals surface area contributed by atoms with Crippen LogP contribution >= 0.6 is 0 Å². The van der Waals surface area contributed by atoms with Crippen LogP contribution in [0.25, 0.3) is 0 Å². The molecule has 1 aliphatic heterocycles. The van der Waals surface area contributed by atoms with E-state index in [-0.39, 0.29) is 17.3 Å². The smallest absolute Gasteiger partial charge is 0.337 e. The number of nitrogens with zero attached hydrogens (tertiary/aromatic N) is 3. The van der Waals surface area contributed by atoms with Gasteiger partial charge in [0.15, 0.2) is 0 Å². The summed E-state index contributed by atoms with van der Waals surface area (Å²) >= 11 is 0. The van der Waals surface area contributed by atoms with Crippen molar-refractivity contribution < 1.29 is 22.7 Å². The number of carbonyl (C=O) groups is 2. The van der Waals surface area contributed by atoms with Crippen molar-refractivity contribution in [3.05, 3.63) is 41.2 Å². The van der Waals surface area contributed by atoms with Crippen molar-refractivity contribution in [2.75, 3.05) is 25.5 Å². The second-order valence-electron chi connectivity index (χ2n) is 7.24. The number of aromatic nitrogens is 2. The van der Waals surface area contributed by atoms with Crippen LogP contribution in [0.2, 0.25) is 0 Å². The van der Waals surface area contributed by atoms with Gasteiger partial charge in [-0.25, -0.2) is 13.2 Å². The monoisotopic (exact) mass is 434 g/mol. The van der Waals surface area contributed by atoms with E-state index in [9.17, 15) is 18.0 Å². The highest BCUT2D eigenvalue weighted by Crippen LogP contribution is 2.26. The quantitative estimate of drug-likeness (QED) is 0.697. The number of carbonyl (C=O) groups excluding carboxylic acids is 2. The SMILES string of the molecule is COC(=O)c1ccc(NC(=O)Cn2nc(C)c(S(=O)(=O)N3CCCCC3)c2C)cc1. The average Bonchev–Trinajstić information content (AvgIpc) is 3.02. The van der Waals surface area contributed by atoms with Crippen molar-refractivity contribution in [1.82, 2.24) is 14.1 Å². The minimum Gasteiger partial charge on any atom is -0.465 e. The molecule has 1 amide bonds. The molecular formula is C20H26N4O5S. The molecule has 1 aromatic heterocycles. The lowest BCUT2D eigenvalue weighted by Crippen LogP contribution is -2.36. The van der Waals surface area contributed by atoms with Crippen LogP contribution in [0.5, 0.6) is 0 Å². The third kappa shape index (κ3) is 4.54. The Morgan fingerprint density at radius 3 is 2.33 bits per heavy atom. The summed E-state index contributed by atoms with van der Waals surface area (Å²) < 4.78 is 33.7. The van der Waals surface area contributed by atoms with Gasteiger partial charge in [-0.3, -0.25) is 9.48 Å². The molecule has 1 fully saturated rings. The number of sulfonamides is 1. The number of esters is 1. The number of hydrogen-bond acceptors (Lipinski definition) is 6. The van der Waals surface area contributed by atoms with E-state index in [1.165, 1.54) is 16.1 Å². The Morgan fingerprint density at radius 2 is 1.73 bits per heavy atom. The number of anilines is 1. The molecule has 0 saturated carbocycles. The highest BCUT2D eigenvalue weighted by molar-refractivity contribution is 7.89. The molecule has 162 valence electrons. The molecule has 1 N–H and O–H groups in total. The Labute approximate surface area is 176 Å². The number of nitrogens with one attached hydrogen (secondary N) is 1. The van der Waals surface area contributed by atoms with E-state index in [0.29, 0.717) is 35.7 Å². The maximum absolute atomic E-state index is 13.1. The van der Waals surface area contributed by atoms with E-state index in [1.54, 1.807) is 38.1 Å². The number of ether oxygens (including phenoxy) is 1. The van der Waals surface area contributed by atoms with Crippen molar-refractivity contribution in [1.29, 1.82) is 0 Å². The molecule has 2 heterocycles. The van der Waals surface area contributed by atoms with Crippen molar-refractivity contribution in [2.45, 2.75) is 44.6 Å². The van der Waals surface area contributed by atoms with E-state index in [1.807, 2.05) is 0 Å². The van der Waals surface area contributed by atoms with E-state index in [0.717, 1.165) is 19.3 Å². The molecular weight excluding hydrogens is 408 g/mol. The van der Waals surface area contributed by atoms with Crippen molar-refractivity contribution in [2.24, 2.45) is 0 Å². The predicted molar refractivity (Wildman–Crippen MR) is 111 cm³/mol. The standard InChI is InChI=1S/C20H26N4O5S/c1-14-19(30(27,28)23-11-5-4-6-12-23)15(2)24(22-14)13-18(25)21-17-9-7-16(8-10-17)20(26)29-3/h7-10H,4-6,11-13H2,1-3H3,(H,21,25). The van der Waals surface area contributed by atoms with Gasteiger partial charge in [0.2, 0.25) is 15.9 Å². The van der Waals surface area contributed by atoms with Gasteiger partial charge in [-0.05, 0) is 51.0 Å². The minimum atomic E-state index is -3.64. The molecule has 1 aromatic carbocycles. The largest absolute Gasteiger partial charge is 0.465 e. The van der Waals surface area contributed by atoms with Gasteiger partial charge in [0.1, 0.15) is 11.4 Å². The lowest BCUT2D eigenvalue weighted by Gasteiger charge is -2.25. The molecule has 2 aromatic rings. The van der Waals surface area contributed by atoms with Gasteiger partial charge in [-0.15, -0.1) is 0 Å². The van der Waals surface area contributed by atoms with Gasteiger partial charge >= 0.3 is 5.97 Å². The summed E-state index contributed by atoms with van der Waals surface area (Å²) in [6, 6.07) is 6.29. The molecule has 9 nitrogen and oxygen atoms in total. The van der Waals surface area contributed by atoms with Crippen LogP contribution in [-0.4, -0.2) is 54.6 Å². The normalized spacial score (nSPS) is 15.0. The second-order valence-corrected chi connectivity index (χ2v) is 9.11. The number of rotatable bonds is 6. The van der Waals surface area contributed by atoms with E-state index in [2.05, 4.69) is 15.2 Å². The van der Waals surface area contributed by atoms with Crippen molar-refractivity contribution in [3.63, 3.8) is 0 Å². The van der Waals surface area contributed by atoms with Gasteiger partial charge in [-0.1, -0.05) is 6.42 Å². The molecule has 1 aliphatic rings. The van der Waals surface area contributed by atoms with Crippen LogP contribution in [0, 0.1) is 13.8 Å². The number of aryl methyl sites for hydroxylation is 1. The molecule has 3 rings (SSSR count). The summed E-state index contributed by atoms with van der Waals surface area (Å²) in [4.78, 5) is 24.1.